The van der Waals surface area contributed by atoms with E-state index in [1.165, 1.54) is 18.2 Å². The van der Waals surface area contributed by atoms with Crippen LogP contribution in [-0.2, 0) is 11.3 Å². The Morgan fingerprint density at radius 2 is 2.36 bits per heavy atom. The molecule has 0 aliphatic rings. The van der Waals surface area contributed by atoms with E-state index >= 15 is 0 Å². The molecule has 0 saturated heterocycles. The molecule has 0 unspecified atom stereocenters. The molecule has 0 aromatic heterocycles. The molecular formula is C10H10ClNO2. The number of amides is 1. The molecule has 0 aliphatic heterocycles. The smallest absolute Gasteiger partial charge is 0.243 e. The van der Waals surface area contributed by atoms with Crippen molar-refractivity contribution in [1.82, 2.24) is 5.32 Å². The summed E-state index contributed by atoms with van der Waals surface area (Å²) >= 11 is 5.83. The molecule has 0 spiro atoms. The Hall–Kier alpha value is -1.48. The lowest BCUT2D eigenvalue weighted by atomic mass is 10.2. The van der Waals surface area contributed by atoms with Crippen molar-refractivity contribution in [2.45, 2.75) is 6.54 Å². The fraction of sp³-hybridized carbons (Fsp3) is 0.100. The van der Waals surface area contributed by atoms with Crippen molar-refractivity contribution < 1.29 is 9.90 Å². The van der Waals surface area contributed by atoms with Crippen LogP contribution in [0.4, 0.5) is 0 Å². The summed E-state index contributed by atoms with van der Waals surface area (Å²) in [4.78, 5) is 10.8. The molecule has 1 aromatic carbocycles. The zero-order valence-electron chi connectivity index (χ0n) is 7.46. The van der Waals surface area contributed by atoms with Crippen molar-refractivity contribution in [1.29, 1.82) is 0 Å². The van der Waals surface area contributed by atoms with Gasteiger partial charge in [-0.2, -0.15) is 0 Å². The van der Waals surface area contributed by atoms with E-state index in [4.69, 9.17) is 16.7 Å². The van der Waals surface area contributed by atoms with Crippen LogP contribution in [0, 0.1) is 0 Å². The number of carbonyl (C=O) groups is 1. The molecule has 1 rings (SSSR count). The van der Waals surface area contributed by atoms with Gasteiger partial charge >= 0.3 is 0 Å². The quantitative estimate of drug-likeness (QED) is 0.750. The molecule has 3 nitrogen and oxygen atoms in total. The number of phenols is 1. The number of phenolic OH excluding ortho intramolecular Hbond substituents is 1. The largest absolute Gasteiger partial charge is 0.508 e. The van der Waals surface area contributed by atoms with Crippen molar-refractivity contribution in [3.63, 3.8) is 0 Å². The van der Waals surface area contributed by atoms with E-state index in [0.29, 0.717) is 10.6 Å². The van der Waals surface area contributed by atoms with Crippen LogP contribution in [0.3, 0.4) is 0 Å². The second-order valence-electron chi connectivity index (χ2n) is 2.70. The van der Waals surface area contributed by atoms with Crippen LogP contribution in [0.1, 0.15) is 5.56 Å². The molecule has 0 saturated carbocycles. The average Bonchev–Trinajstić information content (AvgIpc) is 2.19. The summed E-state index contributed by atoms with van der Waals surface area (Å²) in [7, 11) is 0. The van der Waals surface area contributed by atoms with Crippen LogP contribution in [0.25, 0.3) is 0 Å². The van der Waals surface area contributed by atoms with Crippen LogP contribution in [0.15, 0.2) is 30.9 Å². The molecule has 0 heterocycles. The molecule has 0 aliphatic carbocycles. The van der Waals surface area contributed by atoms with Crippen molar-refractivity contribution in [3.8, 4) is 5.75 Å². The fourth-order valence-corrected chi connectivity index (χ4v) is 1.14. The van der Waals surface area contributed by atoms with Crippen molar-refractivity contribution in [2.24, 2.45) is 0 Å². The minimum absolute atomic E-state index is 0.122. The third-order valence-electron chi connectivity index (χ3n) is 1.67. The molecular weight excluding hydrogens is 202 g/mol. The maximum atomic E-state index is 10.8. The highest BCUT2D eigenvalue weighted by Gasteiger charge is 2.02. The zero-order chi connectivity index (χ0) is 10.6. The molecule has 14 heavy (non-hydrogen) atoms. The Morgan fingerprint density at radius 1 is 1.64 bits per heavy atom. The van der Waals surface area contributed by atoms with E-state index in [0.717, 1.165) is 0 Å². The van der Waals surface area contributed by atoms with Gasteiger partial charge in [0.25, 0.3) is 0 Å². The number of halogens is 1. The highest BCUT2D eigenvalue weighted by molar-refractivity contribution is 6.31. The van der Waals surface area contributed by atoms with Gasteiger partial charge < -0.3 is 10.4 Å². The van der Waals surface area contributed by atoms with Crippen LogP contribution in [0.5, 0.6) is 5.75 Å². The van der Waals surface area contributed by atoms with Crippen LogP contribution >= 0.6 is 11.6 Å². The predicted octanol–water partition coefficient (Wildman–Crippen LogP) is 1.85. The van der Waals surface area contributed by atoms with Gasteiger partial charge in [-0.15, -0.1) is 0 Å². The van der Waals surface area contributed by atoms with Gasteiger partial charge in [-0.05, 0) is 29.8 Å². The normalized spacial score (nSPS) is 9.50. The lowest BCUT2D eigenvalue weighted by molar-refractivity contribution is -0.116. The first-order valence-electron chi connectivity index (χ1n) is 4.01. The number of hydrogen-bond donors (Lipinski definition) is 2. The van der Waals surface area contributed by atoms with E-state index < -0.39 is 0 Å². The van der Waals surface area contributed by atoms with Gasteiger partial charge in [0.15, 0.2) is 0 Å². The zero-order valence-corrected chi connectivity index (χ0v) is 8.21. The van der Waals surface area contributed by atoms with Crippen molar-refractivity contribution in [3.05, 3.63) is 41.4 Å². The van der Waals surface area contributed by atoms with Gasteiger partial charge in [0.1, 0.15) is 5.75 Å². The first-order chi connectivity index (χ1) is 6.63. The molecule has 0 bridgehead atoms. The fourth-order valence-electron chi connectivity index (χ4n) is 0.951. The van der Waals surface area contributed by atoms with E-state index in [1.54, 1.807) is 6.07 Å². The van der Waals surface area contributed by atoms with Crippen LogP contribution < -0.4 is 5.32 Å². The van der Waals surface area contributed by atoms with E-state index in [1.807, 2.05) is 0 Å². The summed E-state index contributed by atoms with van der Waals surface area (Å²) in [5, 5.41) is 12.2. The van der Waals surface area contributed by atoms with Gasteiger partial charge in [-0.25, -0.2) is 0 Å². The highest BCUT2D eigenvalue weighted by Crippen LogP contribution is 2.20. The van der Waals surface area contributed by atoms with Crippen molar-refractivity contribution >= 4 is 17.5 Å². The minimum Gasteiger partial charge on any atom is -0.508 e. The Kier molecular flexibility index (Phi) is 3.54. The average molecular weight is 212 g/mol. The molecule has 2 N–H and O–H groups in total. The molecule has 0 atom stereocenters. The number of hydrogen-bond acceptors (Lipinski definition) is 2. The van der Waals surface area contributed by atoms with E-state index in [9.17, 15) is 4.79 Å². The first kappa shape index (κ1) is 10.6. The summed E-state index contributed by atoms with van der Waals surface area (Å²) < 4.78 is 0. The number of benzene rings is 1. The van der Waals surface area contributed by atoms with Crippen LogP contribution in [0.2, 0.25) is 5.02 Å². The maximum Gasteiger partial charge on any atom is 0.243 e. The molecule has 0 fully saturated rings. The molecule has 0 radical (unpaired) electrons. The Balaban J connectivity index is 2.71. The third-order valence-corrected chi connectivity index (χ3v) is 2.04. The third kappa shape index (κ3) is 2.78. The highest BCUT2D eigenvalue weighted by atomic mass is 35.5. The van der Waals surface area contributed by atoms with E-state index in [-0.39, 0.29) is 18.2 Å². The SMILES string of the molecule is C=CC(=O)NCc1cc(O)ccc1Cl. The lowest BCUT2D eigenvalue weighted by Gasteiger charge is -2.05. The topological polar surface area (TPSA) is 49.3 Å². The van der Waals surface area contributed by atoms with Gasteiger partial charge in [0.2, 0.25) is 5.91 Å². The molecule has 1 aromatic rings. The van der Waals surface area contributed by atoms with Crippen molar-refractivity contribution in [2.75, 3.05) is 0 Å². The Morgan fingerprint density at radius 3 is 3.00 bits per heavy atom. The minimum atomic E-state index is -0.274. The van der Waals surface area contributed by atoms with E-state index in [2.05, 4.69) is 11.9 Å². The summed E-state index contributed by atoms with van der Waals surface area (Å²) in [5.74, 6) is -0.151. The van der Waals surface area contributed by atoms with Gasteiger partial charge in [0.05, 0.1) is 0 Å². The summed E-state index contributed by atoms with van der Waals surface area (Å²) in [6, 6.07) is 4.57. The number of aromatic hydroxyl groups is 1. The molecule has 4 heteroatoms. The second kappa shape index (κ2) is 4.67. The lowest BCUT2D eigenvalue weighted by Crippen LogP contribution is -2.20. The first-order valence-corrected chi connectivity index (χ1v) is 4.39. The summed E-state index contributed by atoms with van der Waals surface area (Å²) in [5.41, 5.74) is 0.668. The molecule has 1 amide bonds. The molecule has 74 valence electrons. The van der Waals surface area contributed by atoms with Crippen LogP contribution in [-0.4, -0.2) is 11.0 Å². The number of rotatable bonds is 3. The summed E-state index contributed by atoms with van der Waals surface area (Å²) in [6.07, 6.45) is 1.18. The van der Waals surface area contributed by atoms with Gasteiger partial charge in [-0.1, -0.05) is 18.2 Å². The number of carbonyl (C=O) groups excluding carboxylic acids is 1. The predicted molar refractivity (Wildman–Crippen MR) is 55.2 cm³/mol. The standard InChI is InChI=1S/C10H10ClNO2/c1-2-10(14)12-6-7-5-8(13)3-4-9(7)11/h2-5,13H,1,6H2,(H,12,14). The monoisotopic (exact) mass is 211 g/mol. The second-order valence-corrected chi connectivity index (χ2v) is 3.10. The maximum absolute atomic E-state index is 10.8. The van der Waals surface area contributed by atoms with Gasteiger partial charge in [-0.3, -0.25) is 4.79 Å². The number of nitrogens with one attached hydrogen (secondary N) is 1. The Labute approximate surface area is 87.0 Å². The summed E-state index contributed by atoms with van der Waals surface area (Å²) in [6.45, 7) is 3.59. The Bertz CT molecular complexity index is 363. The van der Waals surface area contributed by atoms with Gasteiger partial charge in [0, 0.05) is 11.6 Å².